The number of hydrogen-bond donors (Lipinski definition) is 2. The number of hydrogen-bond acceptors (Lipinski definition) is 2. The Hall–Kier alpha value is -1.42. The molecule has 1 heterocycles. The predicted molar refractivity (Wildman–Crippen MR) is 62.5 cm³/mol. The minimum absolute atomic E-state index is 0.319. The van der Waals surface area contributed by atoms with Gasteiger partial charge in [-0.2, -0.15) is 11.8 Å². The zero-order valence-corrected chi connectivity index (χ0v) is 9.10. The number of carboxylic acid groups (broad SMARTS) is 1. The number of benzene rings is 1. The second-order valence-corrected chi connectivity index (χ2v) is 4.18. The molecular weight excluding hydrogens is 210 g/mol. The molecule has 1 aromatic carbocycles. The Labute approximate surface area is 91.5 Å². The van der Waals surface area contributed by atoms with Crippen LogP contribution < -0.4 is 0 Å². The largest absolute Gasteiger partial charge is 0.478 e. The minimum Gasteiger partial charge on any atom is -0.478 e. The summed E-state index contributed by atoms with van der Waals surface area (Å²) in [5.74, 6) is 0.0461. The van der Waals surface area contributed by atoms with Crippen molar-refractivity contribution in [1.29, 1.82) is 0 Å². The van der Waals surface area contributed by atoms with Crippen LogP contribution in [-0.4, -0.2) is 22.3 Å². The highest BCUT2D eigenvalue weighted by molar-refractivity contribution is 7.97. The fourth-order valence-electron chi connectivity index (χ4n) is 1.59. The first kappa shape index (κ1) is 10.1. The van der Waals surface area contributed by atoms with Gasteiger partial charge in [0.15, 0.2) is 0 Å². The van der Waals surface area contributed by atoms with Gasteiger partial charge in [-0.15, -0.1) is 0 Å². The van der Waals surface area contributed by atoms with Crippen LogP contribution in [-0.2, 0) is 5.75 Å². The Bertz CT molecular complexity index is 504. The molecule has 0 saturated carbocycles. The van der Waals surface area contributed by atoms with Crippen LogP contribution >= 0.6 is 11.8 Å². The lowest BCUT2D eigenvalue weighted by Crippen LogP contribution is -1.94. The summed E-state index contributed by atoms with van der Waals surface area (Å²) in [4.78, 5) is 13.9. The van der Waals surface area contributed by atoms with Crippen molar-refractivity contribution in [2.24, 2.45) is 0 Å². The van der Waals surface area contributed by atoms with E-state index in [1.807, 2.05) is 18.5 Å². The first-order valence-electron chi connectivity index (χ1n) is 4.54. The van der Waals surface area contributed by atoms with Crippen LogP contribution in [0.3, 0.4) is 0 Å². The first-order chi connectivity index (χ1) is 7.22. The summed E-state index contributed by atoms with van der Waals surface area (Å²) in [7, 11) is 0. The van der Waals surface area contributed by atoms with Gasteiger partial charge in [-0.1, -0.05) is 6.07 Å². The van der Waals surface area contributed by atoms with E-state index >= 15 is 0 Å². The van der Waals surface area contributed by atoms with Crippen molar-refractivity contribution >= 4 is 28.6 Å². The number of H-pyrrole nitrogens is 1. The number of carbonyl (C=O) groups is 1. The maximum Gasteiger partial charge on any atom is 0.335 e. The van der Waals surface area contributed by atoms with Crippen LogP contribution in [0.2, 0.25) is 0 Å². The summed E-state index contributed by atoms with van der Waals surface area (Å²) in [6.45, 7) is 0. The molecule has 2 rings (SSSR count). The van der Waals surface area contributed by atoms with Crippen LogP contribution in [0.15, 0.2) is 24.4 Å². The Morgan fingerprint density at radius 1 is 1.53 bits per heavy atom. The van der Waals surface area contributed by atoms with Gasteiger partial charge in [0.2, 0.25) is 0 Å². The number of nitrogens with one attached hydrogen (secondary N) is 1. The van der Waals surface area contributed by atoms with Crippen molar-refractivity contribution in [3.63, 3.8) is 0 Å². The average Bonchev–Trinajstić information content (AvgIpc) is 2.61. The molecule has 0 aliphatic rings. The van der Waals surface area contributed by atoms with E-state index in [1.54, 1.807) is 23.9 Å². The number of fused-ring (bicyclic) bond motifs is 1. The average molecular weight is 221 g/mol. The van der Waals surface area contributed by atoms with Gasteiger partial charge in [-0.25, -0.2) is 4.79 Å². The highest BCUT2D eigenvalue weighted by atomic mass is 32.2. The second kappa shape index (κ2) is 3.98. The molecule has 1 aromatic heterocycles. The minimum atomic E-state index is -0.891. The standard InChI is InChI=1S/C11H11NO2S/c1-15-6-8-5-12-10-4-7(11(13)14)2-3-9(8)10/h2-5,12H,6H2,1H3,(H,13,14). The number of aromatic nitrogens is 1. The SMILES string of the molecule is CSCc1c[nH]c2cc(C(=O)O)ccc12. The third-order valence-corrected chi connectivity index (χ3v) is 2.91. The molecule has 78 valence electrons. The highest BCUT2D eigenvalue weighted by Crippen LogP contribution is 2.22. The maximum atomic E-state index is 10.8. The van der Waals surface area contributed by atoms with Gasteiger partial charge >= 0.3 is 5.97 Å². The van der Waals surface area contributed by atoms with E-state index in [0.29, 0.717) is 5.56 Å². The van der Waals surface area contributed by atoms with Crippen molar-refractivity contribution in [1.82, 2.24) is 4.98 Å². The number of thioether (sulfide) groups is 1. The van der Waals surface area contributed by atoms with E-state index in [4.69, 9.17) is 5.11 Å². The topological polar surface area (TPSA) is 53.1 Å². The lowest BCUT2D eigenvalue weighted by atomic mass is 10.1. The normalized spacial score (nSPS) is 10.7. The molecule has 4 heteroatoms. The fraction of sp³-hybridized carbons (Fsp3) is 0.182. The molecule has 0 unspecified atom stereocenters. The zero-order valence-electron chi connectivity index (χ0n) is 8.28. The summed E-state index contributed by atoms with van der Waals surface area (Å²) in [6.07, 6.45) is 3.98. The van der Waals surface area contributed by atoms with E-state index < -0.39 is 5.97 Å². The van der Waals surface area contributed by atoms with Gasteiger partial charge in [-0.05, 0) is 24.0 Å². The van der Waals surface area contributed by atoms with E-state index in [9.17, 15) is 4.79 Å². The van der Waals surface area contributed by atoms with Gasteiger partial charge in [0.1, 0.15) is 0 Å². The lowest BCUT2D eigenvalue weighted by Gasteiger charge is -1.97. The number of aromatic amines is 1. The summed E-state index contributed by atoms with van der Waals surface area (Å²) in [5.41, 5.74) is 2.42. The Kier molecular flexibility index (Phi) is 2.68. The summed E-state index contributed by atoms with van der Waals surface area (Å²) < 4.78 is 0. The molecule has 0 fully saturated rings. The smallest absolute Gasteiger partial charge is 0.335 e. The summed E-state index contributed by atoms with van der Waals surface area (Å²) in [6, 6.07) is 5.17. The molecule has 0 spiro atoms. The molecule has 2 aromatic rings. The molecule has 0 atom stereocenters. The first-order valence-corrected chi connectivity index (χ1v) is 5.94. The molecule has 15 heavy (non-hydrogen) atoms. The van der Waals surface area contributed by atoms with Gasteiger partial charge in [0, 0.05) is 22.9 Å². The quantitative estimate of drug-likeness (QED) is 0.837. The molecule has 0 saturated heterocycles. The Morgan fingerprint density at radius 2 is 2.33 bits per heavy atom. The van der Waals surface area contributed by atoms with Gasteiger partial charge in [0.05, 0.1) is 5.56 Å². The molecular formula is C11H11NO2S. The molecule has 0 aliphatic heterocycles. The number of aromatic carboxylic acids is 1. The third kappa shape index (κ3) is 1.85. The van der Waals surface area contributed by atoms with Crippen LogP contribution in [0.1, 0.15) is 15.9 Å². The molecule has 0 amide bonds. The van der Waals surface area contributed by atoms with Gasteiger partial charge < -0.3 is 10.1 Å². The van der Waals surface area contributed by atoms with E-state index in [1.165, 1.54) is 5.56 Å². The van der Waals surface area contributed by atoms with Crippen LogP contribution in [0.4, 0.5) is 0 Å². The van der Waals surface area contributed by atoms with Crippen molar-refractivity contribution in [2.45, 2.75) is 5.75 Å². The Balaban J connectivity index is 2.51. The second-order valence-electron chi connectivity index (χ2n) is 3.31. The summed E-state index contributed by atoms with van der Waals surface area (Å²) in [5, 5.41) is 9.94. The van der Waals surface area contributed by atoms with Crippen molar-refractivity contribution in [3.05, 3.63) is 35.5 Å². The van der Waals surface area contributed by atoms with Crippen LogP contribution in [0.25, 0.3) is 10.9 Å². The van der Waals surface area contributed by atoms with E-state index in [0.717, 1.165) is 16.7 Å². The molecule has 2 N–H and O–H groups in total. The molecule has 0 bridgehead atoms. The van der Waals surface area contributed by atoms with Crippen molar-refractivity contribution in [3.8, 4) is 0 Å². The monoisotopic (exact) mass is 221 g/mol. The van der Waals surface area contributed by atoms with E-state index in [2.05, 4.69) is 4.98 Å². The predicted octanol–water partition coefficient (Wildman–Crippen LogP) is 2.73. The molecule has 0 radical (unpaired) electrons. The molecule has 0 aliphatic carbocycles. The fourth-order valence-corrected chi connectivity index (χ4v) is 2.14. The zero-order chi connectivity index (χ0) is 10.8. The third-order valence-electron chi connectivity index (χ3n) is 2.31. The van der Waals surface area contributed by atoms with Gasteiger partial charge in [0.25, 0.3) is 0 Å². The summed E-state index contributed by atoms with van der Waals surface area (Å²) >= 11 is 1.75. The van der Waals surface area contributed by atoms with Crippen LogP contribution in [0, 0.1) is 0 Å². The number of rotatable bonds is 3. The number of carboxylic acids is 1. The van der Waals surface area contributed by atoms with Crippen molar-refractivity contribution in [2.75, 3.05) is 6.26 Å². The van der Waals surface area contributed by atoms with Crippen molar-refractivity contribution < 1.29 is 9.90 Å². The van der Waals surface area contributed by atoms with Crippen LogP contribution in [0.5, 0.6) is 0 Å². The highest BCUT2D eigenvalue weighted by Gasteiger charge is 2.07. The molecule has 3 nitrogen and oxygen atoms in total. The maximum absolute atomic E-state index is 10.8. The van der Waals surface area contributed by atoms with Gasteiger partial charge in [-0.3, -0.25) is 0 Å². The lowest BCUT2D eigenvalue weighted by molar-refractivity contribution is 0.0697. The van der Waals surface area contributed by atoms with E-state index in [-0.39, 0.29) is 0 Å². The Morgan fingerprint density at radius 3 is 3.00 bits per heavy atom.